The molecule has 0 aromatic carbocycles. The quantitative estimate of drug-likeness (QED) is 0.486. The third-order valence-electron chi connectivity index (χ3n) is 1.80. The highest BCUT2D eigenvalue weighted by atomic mass is 32.2. The summed E-state index contributed by atoms with van der Waals surface area (Å²) >= 11 is 0. The Morgan fingerprint density at radius 1 is 1.67 bits per heavy atom. The van der Waals surface area contributed by atoms with E-state index in [0.717, 1.165) is 4.31 Å². The Morgan fingerprint density at radius 3 is 2.33 bits per heavy atom. The number of rotatable bonds is 3. The summed E-state index contributed by atoms with van der Waals surface area (Å²) in [7, 11) is -2.12. The van der Waals surface area contributed by atoms with Gasteiger partial charge in [0.15, 0.2) is 0 Å². The van der Waals surface area contributed by atoms with E-state index in [4.69, 9.17) is 11.1 Å². The Balaban J connectivity index is 4.74. The van der Waals surface area contributed by atoms with Crippen molar-refractivity contribution in [3.8, 4) is 0 Å². The number of hydrogen-bond acceptors (Lipinski definition) is 3. The van der Waals surface area contributed by atoms with Crippen LogP contribution in [0.25, 0.3) is 0 Å². The lowest BCUT2D eigenvalue weighted by Crippen LogP contribution is -2.42. The molecule has 0 aromatic rings. The zero-order valence-electron chi connectivity index (χ0n) is 7.53. The van der Waals surface area contributed by atoms with Crippen molar-refractivity contribution in [3.63, 3.8) is 0 Å². The Bertz CT molecular complexity index is 260. The predicted octanol–water partition coefficient (Wildman–Crippen LogP) is -0.0600. The number of nitrogens with two attached hydrogens (primary N) is 1. The lowest BCUT2D eigenvalue weighted by atomic mass is 10.4. The Kier molecular flexibility index (Phi) is 3.51. The molecule has 3 N–H and O–H groups in total. The van der Waals surface area contributed by atoms with Gasteiger partial charge in [0.2, 0.25) is 16.0 Å². The van der Waals surface area contributed by atoms with Crippen LogP contribution in [0.1, 0.15) is 20.3 Å². The molecule has 0 unspecified atom stereocenters. The van der Waals surface area contributed by atoms with Crippen molar-refractivity contribution in [2.24, 2.45) is 5.73 Å². The van der Waals surface area contributed by atoms with Gasteiger partial charge >= 0.3 is 0 Å². The molecule has 0 rings (SSSR count). The van der Waals surface area contributed by atoms with Crippen LogP contribution < -0.4 is 5.73 Å². The summed E-state index contributed by atoms with van der Waals surface area (Å²) in [6.45, 7) is 3.37. The maximum absolute atomic E-state index is 11.4. The van der Waals surface area contributed by atoms with Crippen LogP contribution in [0.3, 0.4) is 0 Å². The van der Waals surface area contributed by atoms with Crippen LogP contribution in [0.15, 0.2) is 0 Å². The number of sulfonamides is 1. The summed E-state index contributed by atoms with van der Waals surface area (Å²) in [5, 5.41) is 6.45. The van der Waals surface area contributed by atoms with E-state index < -0.39 is 21.2 Å². The topological polar surface area (TPSA) is 87.2 Å². The average molecular weight is 193 g/mol. The monoisotopic (exact) mass is 193 g/mol. The molecule has 0 aliphatic heterocycles. The molecule has 0 saturated heterocycles. The Labute approximate surface area is 73.1 Å². The van der Waals surface area contributed by atoms with Crippen LogP contribution in [0.5, 0.6) is 0 Å². The minimum absolute atomic E-state index is 0.449. The fourth-order valence-electron chi connectivity index (χ4n) is 0.618. The molecule has 0 aliphatic carbocycles. The summed E-state index contributed by atoms with van der Waals surface area (Å²) in [6, 6.07) is 0. The van der Waals surface area contributed by atoms with Crippen molar-refractivity contribution < 1.29 is 8.42 Å². The first kappa shape index (κ1) is 11.2. The van der Waals surface area contributed by atoms with Gasteiger partial charge in [0.25, 0.3) is 0 Å². The molecule has 0 aliphatic rings. The second-order valence-corrected chi connectivity index (χ2v) is 5.00. The molecule has 0 saturated carbocycles. The zero-order chi connectivity index (χ0) is 9.94. The lowest BCUT2D eigenvalue weighted by molar-refractivity contribution is 0.534. The van der Waals surface area contributed by atoms with Crippen LogP contribution in [-0.4, -0.2) is 31.0 Å². The number of hydrogen-bond donors (Lipinski definition) is 2. The summed E-state index contributed by atoms with van der Waals surface area (Å²) in [4.78, 5) is 0. The van der Waals surface area contributed by atoms with Crippen LogP contribution in [0.2, 0.25) is 0 Å². The molecular weight excluding hydrogens is 178 g/mol. The van der Waals surface area contributed by atoms with Gasteiger partial charge in [-0.15, -0.1) is 0 Å². The Morgan fingerprint density at radius 2 is 2.08 bits per heavy atom. The number of guanidine groups is 1. The van der Waals surface area contributed by atoms with Crippen molar-refractivity contribution in [1.29, 1.82) is 5.41 Å². The van der Waals surface area contributed by atoms with E-state index in [0.29, 0.717) is 6.42 Å². The van der Waals surface area contributed by atoms with Crippen molar-refractivity contribution >= 4 is 16.0 Å². The van der Waals surface area contributed by atoms with Gasteiger partial charge < -0.3 is 5.73 Å². The van der Waals surface area contributed by atoms with Crippen LogP contribution in [0.4, 0.5) is 0 Å². The highest BCUT2D eigenvalue weighted by Crippen LogP contribution is 2.08. The number of nitrogens with one attached hydrogen (secondary N) is 1. The maximum Gasteiger partial charge on any atom is 0.239 e. The molecule has 5 nitrogen and oxygen atoms in total. The SMILES string of the molecule is CC[C@@H](C)S(=O)(=O)N(C)C(=N)N. The second kappa shape index (κ2) is 3.75. The highest BCUT2D eigenvalue weighted by Gasteiger charge is 2.24. The van der Waals surface area contributed by atoms with Crippen LogP contribution in [-0.2, 0) is 10.0 Å². The predicted molar refractivity (Wildman–Crippen MR) is 48.3 cm³/mol. The molecule has 0 amide bonds. The largest absolute Gasteiger partial charge is 0.369 e. The van der Waals surface area contributed by atoms with Gasteiger partial charge in [0.05, 0.1) is 5.25 Å². The van der Waals surface area contributed by atoms with Gasteiger partial charge in [0.1, 0.15) is 0 Å². The van der Waals surface area contributed by atoms with Gasteiger partial charge in [-0.25, -0.2) is 12.7 Å². The zero-order valence-corrected chi connectivity index (χ0v) is 8.35. The second-order valence-electron chi connectivity index (χ2n) is 2.62. The third-order valence-corrected chi connectivity index (χ3v) is 4.11. The Hall–Kier alpha value is -0.780. The summed E-state index contributed by atoms with van der Waals surface area (Å²) in [5.41, 5.74) is 5.04. The summed E-state index contributed by atoms with van der Waals surface area (Å²) in [5.74, 6) is -0.449. The van der Waals surface area contributed by atoms with Crippen LogP contribution >= 0.6 is 0 Å². The maximum atomic E-state index is 11.4. The van der Waals surface area contributed by atoms with E-state index in [1.807, 2.05) is 0 Å². The van der Waals surface area contributed by atoms with Gasteiger partial charge in [-0.3, -0.25) is 5.41 Å². The van der Waals surface area contributed by atoms with Crippen molar-refractivity contribution in [2.75, 3.05) is 7.05 Å². The van der Waals surface area contributed by atoms with Crippen molar-refractivity contribution in [1.82, 2.24) is 4.31 Å². The summed E-state index contributed by atoms with van der Waals surface area (Å²) in [6.07, 6.45) is 0.514. The molecule has 0 fully saturated rings. The van der Waals surface area contributed by atoms with Crippen LogP contribution in [0, 0.1) is 5.41 Å². The molecule has 0 radical (unpaired) electrons. The average Bonchev–Trinajstić information content (AvgIpc) is 2.01. The smallest absolute Gasteiger partial charge is 0.239 e. The number of nitrogens with zero attached hydrogens (tertiary/aromatic N) is 1. The molecule has 72 valence electrons. The first-order valence-corrected chi connectivity index (χ1v) is 5.16. The molecule has 12 heavy (non-hydrogen) atoms. The van der Waals surface area contributed by atoms with Gasteiger partial charge in [-0.05, 0) is 13.3 Å². The third kappa shape index (κ3) is 2.10. The fraction of sp³-hybridized carbons (Fsp3) is 0.833. The first-order chi connectivity index (χ1) is 5.34. The highest BCUT2D eigenvalue weighted by molar-refractivity contribution is 7.90. The summed E-state index contributed by atoms with van der Waals surface area (Å²) < 4.78 is 23.6. The van der Waals surface area contributed by atoms with E-state index in [2.05, 4.69) is 0 Å². The standard InChI is InChI=1S/C6H15N3O2S/c1-4-5(2)12(10,11)9(3)6(7)8/h5H,4H2,1-3H3,(H3,7,8)/t5-/m1/s1. The van der Waals surface area contributed by atoms with Gasteiger partial charge in [-0.1, -0.05) is 6.92 Å². The van der Waals surface area contributed by atoms with E-state index in [1.54, 1.807) is 13.8 Å². The van der Waals surface area contributed by atoms with E-state index in [1.165, 1.54) is 7.05 Å². The van der Waals surface area contributed by atoms with Gasteiger partial charge in [0, 0.05) is 7.05 Å². The molecule has 0 aromatic heterocycles. The molecular formula is C6H15N3O2S. The first-order valence-electron chi connectivity index (χ1n) is 3.65. The molecule has 0 heterocycles. The van der Waals surface area contributed by atoms with E-state index >= 15 is 0 Å². The van der Waals surface area contributed by atoms with E-state index in [-0.39, 0.29) is 0 Å². The molecule has 0 spiro atoms. The molecule has 0 bridgehead atoms. The van der Waals surface area contributed by atoms with Crippen molar-refractivity contribution in [2.45, 2.75) is 25.5 Å². The van der Waals surface area contributed by atoms with Crippen molar-refractivity contribution in [3.05, 3.63) is 0 Å². The van der Waals surface area contributed by atoms with E-state index in [9.17, 15) is 8.42 Å². The molecule has 6 heteroatoms. The lowest BCUT2D eigenvalue weighted by Gasteiger charge is -2.20. The molecule has 1 atom stereocenters. The minimum atomic E-state index is -3.40. The normalized spacial score (nSPS) is 13.9. The fourth-order valence-corrected chi connectivity index (χ4v) is 1.85. The minimum Gasteiger partial charge on any atom is -0.369 e. The van der Waals surface area contributed by atoms with Gasteiger partial charge in [-0.2, -0.15) is 0 Å².